The first kappa shape index (κ1) is 13.6. The molecule has 19 heavy (non-hydrogen) atoms. The smallest absolute Gasteiger partial charge is 0.231 e. The summed E-state index contributed by atoms with van der Waals surface area (Å²) in [5.74, 6) is 1.36. The fourth-order valence-corrected chi connectivity index (χ4v) is 1.79. The first-order valence-electron chi connectivity index (χ1n) is 6.11. The first-order chi connectivity index (χ1) is 9.22. The molecule has 2 rings (SSSR count). The van der Waals surface area contributed by atoms with Crippen molar-refractivity contribution in [1.29, 1.82) is 0 Å². The second kappa shape index (κ2) is 6.40. The van der Waals surface area contributed by atoms with Crippen LogP contribution in [0.25, 0.3) is 0 Å². The Hall–Kier alpha value is -1.79. The van der Waals surface area contributed by atoms with Crippen LogP contribution >= 0.6 is 0 Å². The van der Waals surface area contributed by atoms with Gasteiger partial charge in [-0.1, -0.05) is 6.07 Å². The summed E-state index contributed by atoms with van der Waals surface area (Å²) in [7, 11) is 1.54. The molecule has 0 aliphatic carbocycles. The summed E-state index contributed by atoms with van der Waals surface area (Å²) in [6.45, 7) is 1.02. The highest BCUT2D eigenvalue weighted by molar-refractivity contribution is 5.76. The molecule has 6 heteroatoms. The van der Waals surface area contributed by atoms with Crippen molar-refractivity contribution >= 4 is 5.91 Å². The lowest BCUT2D eigenvalue weighted by Gasteiger charge is -2.12. The van der Waals surface area contributed by atoms with Crippen LogP contribution in [-0.2, 0) is 16.1 Å². The van der Waals surface area contributed by atoms with Crippen LogP contribution < -0.4 is 20.5 Å². The number of hydrogen-bond donors (Lipinski definition) is 2. The number of benzene rings is 1. The van der Waals surface area contributed by atoms with Gasteiger partial charge in [0.05, 0.1) is 12.5 Å². The van der Waals surface area contributed by atoms with Crippen LogP contribution in [0.5, 0.6) is 11.5 Å². The van der Waals surface area contributed by atoms with E-state index in [0.29, 0.717) is 18.8 Å². The third kappa shape index (κ3) is 3.59. The molecule has 1 aromatic carbocycles. The van der Waals surface area contributed by atoms with E-state index in [1.807, 2.05) is 18.2 Å². The fraction of sp³-hybridized carbons (Fsp3) is 0.462. The largest absolute Gasteiger partial charge is 0.454 e. The molecular formula is C13H18N2O4. The quantitative estimate of drug-likeness (QED) is 0.778. The van der Waals surface area contributed by atoms with Crippen LogP contribution in [0.1, 0.15) is 12.0 Å². The molecule has 3 N–H and O–H groups in total. The summed E-state index contributed by atoms with van der Waals surface area (Å²) in [5.41, 5.74) is 6.42. The Morgan fingerprint density at radius 1 is 1.47 bits per heavy atom. The zero-order valence-electron chi connectivity index (χ0n) is 10.8. The van der Waals surface area contributed by atoms with Crippen molar-refractivity contribution in [2.24, 2.45) is 5.73 Å². The molecular weight excluding hydrogens is 248 g/mol. The minimum Gasteiger partial charge on any atom is -0.454 e. The lowest BCUT2D eigenvalue weighted by molar-refractivity contribution is -0.123. The average Bonchev–Trinajstić information content (AvgIpc) is 2.89. The maximum atomic E-state index is 11.7. The topological polar surface area (TPSA) is 82.8 Å². The van der Waals surface area contributed by atoms with E-state index in [1.165, 1.54) is 0 Å². The van der Waals surface area contributed by atoms with Crippen LogP contribution in [0.2, 0.25) is 0 Å². The minimum atomic E-state index is -0.239. The Balaban J connectivity index is 1.83. The van der Waals surface area contributed by atoms with E-state index in [4.69, 9.17) is 19.9 Å². The summed E-state index contributed by atoms with van der Waals surface area (Å²) in [4.78, 5) is 11.7. The van der Waals surface area contributed by atoms with Gasteiger partial charge in [-0.25, -0.2) is 0 Å². The van der Waals surface area contributed by atoms with E-state index in [2.05, 4.69) is 5.32 Å². The van der Waals surface area contributed by atoms with E-state index in [1.54, 1.807) is 7.11 Å². The molecule has 0 spiro atoms. The van der Waals surface area contributed by atoms with Gasteiger partial charge in [0.25, 0.3) is 0 Å². The van der Waals surface area contributed by atoms with E-state index in [9.17, 15) is 4.79 Å². The van der Waals surface area contributed by atoms with E-state index in [-0.39, 0.29) is 25.2 Å². The summed E-state index contributed by atoms with van der Waals surface area (Å²) >= 11 is 0. The molecule has 6 nitrogen and oxygen atoms in total. The predicted octanol–water partition coefficient (Wildman–Crippen LogP) is 0.395. The Kier molecular flexibility index (Phi) is 4.59. The fourth-order valence-electron chi connectivity index (χ4n) is 1.79. The Morgan fingerprint density at radius 2 is 2.26 bits per heavy atom. The van der Waals surface area contributed by atoms with E-state index in [0.717, 1.165) is 11.3 Å². The summed E-state index contributed by atoms with van der Waals surface area (Å²) in [5, 5.41) is 2.82. The standard InChI is InChI=1S/C13H18N2O4/c1-17-10(6-14)5-13(16)15-7-9-2-3-11-12(4-9)19-8-18-11/h2-4,10H,5-8,14H2,1H3,(H,15,16). The monoisotopic (exact) mass is 266 g/mol. The van der Waals surface area contributed by atoms with Crippen molar-refractivity contribution in [3.63, 3.8) is 0 Å². The minimum absolute atomic E-state index is 0.0880. The first-order valence-corrected chi connectivity index (χ1v) is 6.11. The maximum absolute atomic E-state index is 11.7. The Morgan fingerprint density at radius 3 is 3.00 bits per heavy atom. The number of carbonyl (C=O) groups excluding carboxylic acids is 1. The molecule has 1 unspecified atom stereocenters. The molecule has 0 saturated heterocycles. The molecule has 1 aromatic rings. The van der Waals surface area contributed by atoms with Gasteiger partial charge in [0.15, 0.2) is 11.5 Å². The predicted molar refractivity (Wildman–Crippen MR) is 68.9 cm³/mol. The van der Waals surface area contributed by atoms with Crippen LogP contribution in [0.3, 0.4) is 0 Å². The number of amides is 1. The van der Waals surface area contributed by atoms with E-state index >= 15 is 0 Å². The van der Waals surface area contributed by atoms with Crippen molar-refractivity contribution < 1.29 is 19.0 Å². The molecule has 1 aliphatic rings. The van der Waals surface area contributed by atoms with Gasteiger partial charge in [0.1, 0.15) is 0 Å². The number of hydrogen-bond acceptors (Lipinski definition) is 5. The lowest BCUT2D eigenvalue weighted by Crippen LogP contribution is -2.31. The number of methoxy groups -OCH3 is 1. The van der Waals surface area contributed by atoms with Crippen LogP contribution in [-0.4, -0.2) is 32.5 Å². The van der Waals surface area contributed by atoms with Gasteiger partial charge in [-0.15, -0.1) is 0 Å². The number of carbonyl (C=O) groups is 1. The highest BCUT2D eigenvalue weighted by Gasteiger charge is 2.14. The zero-order valence-corrected chi connectivity index (χ0v) is 10.8. The lowest BCUT2D eigenvalue weighted by atomic mass is 10.2. The number of nitrogens with one attached hydrogen (secondary N) is 1. The van der Waals surface area contributed by atoms with Crippen molar-refractivity contribution in [2.75, 3.05) is 20.4 Å². The number of fused-ring (bicyclic) bond motifs is 1. The summed E-state index contributed by atoms with van der Waals surface area (Å²) in [6, 6.07) is 5.59. The molecule has 1 amide bonds. The Bertz CT molecular complexity index is 446. The van der Waals surface area contributed by atoms with Gasteiger partial charge in [-0.05, 0) is 17.7 Å². The number of rotatable bonds is 6. The SMILES string of the molecule is COC(CN)CC(=O)NCc1ccc2c(c1)OCO2. The van der Waals surface area contributed by atoms with Crippen molar-refractivity contribution in [3.05, 3.63) is 23.8 Å². The van der Waals surface area contributed by atoms with Crippen LogP contribution in [0, 0.1) is 0 Å². The molecule has 0 radical (unpaired) electrons. The molecule has 1 atom stereocenters. The third-order valence-corrected chi connectivity index (χ3v) is 2.94. The summed E-state index contributed by atoms with van der Waals surface area (Å²) < 4.78 is 15.6. The van der Waals surface area contributed by atoms with Gasteiger partial charge < -0.3 is 25.3 Å². The van der Waals surface area contributed by atoms with E-state index < -0.39 is 0 Å². The molecule has 0 fully saturated rings. The second-order valence-electron chi connectivity index (χ2n) is 4.26. The van der Waals surface area contributed by atoms with Gasteiger partial charge >= 0.3 is 0 Å². The zero-order chi connectivity index (χ0) is 13.7. The maximum Gasteiger partial charge on any atom is 0.231 e. The van der Waals surface area contributed by atoms with Crippen LogP contribution in [0.4, 0.5) is 0 Å². The molecule has 1 aliphatic heterocycles. The van der Waals surface area contributed by atoms with Crippen molar-refractivity contribution in [1.82, 2.24) is 5.32 Å². The van der Waals surface area contributed by atoms with Crippen molar-refractivity contribution in [2.45, 2.75) is 19.1 Å². The molecule has 1 heterocycles. The van der Waals surface area contributed by atoms with Gasteiger partial charge in [0.2, 0.25) is 12.7 Å². The number of nitrogens with two attached hydrogens (primary N) is 1. The molecule has 104 valence electrons. The second-order valence-corrected chi connectivity index (χ2v) is 4.26. The molecule has 0 saturated carbocycles. The highest BCUT2D eigenvalue weighted by Crippen LogP contribution is 2.32. The summed E-state index contributed by atoms with van der Waals surface area (Å²) in [6.07, 6.45) is 0.0223. The molecule has 0 bridgehead atoms. The van der Waals surface area contributed by atoms with Crippen LogP contribution in [0.15, 0.2) is 18.2 Å². The third-order valence-electron chi connectivity index (χ3n) is 2.94. The van der Waals surface area contributed by atoms with Gasteiger partial charge in [0, 0.05) is 20.2 Å². The van der Waals surface area contributed by atoms with Crippen molar-refractivity contribution in [3.8, 4) is 11.5 Å². The van der Waals surface area contributed by atoms with Gasteiger partial charge in [-0.2, -0.15) is 0 Å². The normalized spacial score (nSPS) is 14.2. The number of ether oxygens (including phenoxy) is 3. The average molecular weight is 266 g/mol. The highest BCUT2D eigenvalue weighted by atomic mass is 16.7. The van der Waals surface area contributed by atoms with Gasteiger partial charge in [-0.3, -0.25) is 4.79 Å². The Labute approximate surface area is 111 Å². The molecule has 0 aromatic heterocycles.